The number of hydrogen-bond donors (Lipinski definition) is 2. The minimum atomic E-state index is -3.70. The summed E-state index contributed by atoms with van der Waals surface area (Å²) >= 11 is 0. The van der Waals surface area contributed by atoms with Gasteiger partial charge >= 0.3 is 0 Å². The average Bonchev–Trinajstić information content (AvgIpc) is 2.83. The van der Waals surface area contributed by atoms with Crippen molar-refractivity contribution < 1.29 is 13.2 Å². The van der Waals surface area contributed by atoms with E-state index in [4.69, 9.17) is 0 Å². The second kappa shape index (κ2) is 10.0. The van der Waals surface area contributed by atoms with Gasteiger partial charge in [0.25, 0.3) is 15.9 Å². The first kappa shape index (κ1) is 24.0. The predicted octanol–water partition coefficient (Wildman–Crippen LogP) is 5.86. The van der Waals surface area contributed by atoms with E-state index in [1.807, 2.05) is 6.92 Å². The third-order valence-corrected chi connectivity index (χ3v) is 7.93. The topological polar surface area (TPSA) is 75.3 Å². The van der Waals surface area contributed by atoms with Gasteiger partial charge in [-0.1, -0.05) is 42.8 Å². The van der Waals surface area contributed by atoms with Crippen molar-refractivity contribution >= 4 is 21.6 Å². The van der Waals surface area contributed by atoms with Crippen LogP contribution in [0.3, 0.4) is 0 Å². The first-order chi connectivity index (χ1) is 16.3. The van der Waals surface area contributed by atoms with Gasteiger partial charge in [-0.3, -0.25) is 9.52 Å². The summed E-state index contributed by atoms with van der Waals surface area (Å²) in [4.78, 5) is 13.2. The molecule has 0 spiro atoms. The number of amides is 1. The van der Waals surface area contributed by atoms with Gasteiger partial charge in [-0.25, -0.2) is 8.42 Å². The number of hydrogen-bond acceptors (Lipinski definition) is 3. The van der Waals surface area contributed by atoms with Crippen LogP contribution in [0.4, 0.5) is 5.69 Å². The highest BCUT2D eigenvalue weighted by Crippen LogP contribution is 2.27. The number of nitrogens with one attached hydrogen (secondary N) is 2. The zero-order chi connectivity index (χ0) is 24.3. The highest BCUT2D eigenvalue weighted by molar-refractivity contribution is 7.92. The molecule has 1 aliphatic carbocycles. The molecule has 0 heterocycles. The molecule has 0 saturated heterocycles. The molecule has 1 aliphatic rings. The minimum Gasteiger partial charge on any atom is -0.345 e. The molecule has 0 saturated carbocycles. The largest absolute Gasteiger partial charge is 0.345 e. The van der Waals surface area contributed by atoms with Crippen molar-refractivity contribution in [1.82, 2.24) is 5.32 Å². The number of aryl methyl sites for hydroxylation is 4. The van der Waals surface area contributed by atoms with E-state index >= 15 is 0 Å². The molecule has 0 aliphatic heterocycles. The predicted molar refractivity (Wildman–Crippen MR) is 137 cm³/mol. The first-order valence-corrected chi connectivity index (χ1v) is 13.4. The average molecular weight is 477 g/mol. The second-order valence-electron chi connectivity index (χ2n) is 9.12. The molecule has 1 amide bonds. The van der Waals surface area contributed by atoms with Crippen molar-refractivity contribution in [1.29, 1.82) is 0 Å². The van der Waals surface area contributed by atoms with E-state index in [2.05, 4.69) is 35.2 Å². The van der Waals surface area contributed by atoms with E-state index in [0.29, 0.717) is 16.8 Å². The second-order valence-corrected chi connectivity index (χ2v) is 10.8. The number of fused-ring (bicyclic) bond motifs is 1. The molecule has 2 N–H and O–H groups in total. The fourth-order valence-corrected chi connectivity index (χ4v) is 5.60. The Balaban J connectivity index is 1.48. The summed E-state index contributed by atoms with van der Waals surface area (Å²) in [5.41, 5.74) is 6.60. The van der Waals surface area contributed by atoms with Crippen LogP contribution in [0.2, 0.25) is 0 Å². The van der Waals surface area contributed by atoms with Gasteiger partial charge in [-0.15, -0.1) is 0 Å². The van der Waals surface area contributed by atoms with Crippen LogP contribution in [-0.2, 0) is 22.9 Å². The van der Waals surface area contributed by atoms with Crippen LogP contribution in [0.15, 0.2) is 65.6 Å². The molecular weight excluding hydrogens is 444 g/mol. The fourth-order valence-electron chi connectivity index (χ4n) is 4.47. The van der Waals surface area contributed by atoms with Crippen LogP contribution in [0.25, 0.3) is 0 Å². The normalized spacial score (nSPS) is 14.2. The quantitative estimate of drug-likeness (QED) is 0.448. The third-order valence-electron chi connectivity index (χ3n) is 6.55. The minimum absolute atomic E-state index is 0.0697. The highest BCUT2D eigenvalue weighted by atomic mass is 32.2. The van der Waals surface area contributed by atoms with Gasteiger partial charge in [0.1, 0.15) is 0 Å². The maximum atomic E-state index is 13.0. The molecule has 3 aromatic carbocycles. The number of rotatable bonds is 7. The van der Waals surface area contributed by atoms with E-state index < -0.39 is 10.0 Å². The third kappa shape index (κ3) is 5.33. The van der Waals surface area contributed by atoms with Crippen molar-refractivity contribution in [3.8, 4) is 0 Å². The lowest BCUT2D eigenvalue weighted by Crippen LogP contribution is -2.28. The lowest BCUT2D eigenvalue weighted by atomic mass is 9.88. The summed E-state index contributed by atoms with van der Waals surface area (Å²) < 4.78 is 28.1. The molecule has 0 aromatic heterocycles. The van der Waals surface area contributed by atoms with Crippen LogP contribution < -0.4 is 10.0 Å². The first-order valence-electron chi connectivity index (χ1n) is 11.9. The van der Waals surface area contributed by atoms with Crippen LogP contribution in [-0.4, -0.2) is 14.3 Å². The molecule has 0 fully saturated rings. The van der Waals surface area contributed by atoms with E-state index in [9.17, 15) is 13.2 Å². The highest BCUT2D eigenvalue weighted by Gasteiger charge is 2.19. The lowest BCUT2D eigenvalue weighted by molar-refractivity contribution is 0.0935. The number of carbonyl (C=O) groups excluding carboxylic acids is 1. The Hall–Kier alpha value is -3.12. The summed E-state index contributed by atoms with van der Waals surface area (Å²) in [6.07, 6.45) is 5.50. The van der Waals surface area contributed by atoms with Crippen molar-refractivity contribution in [3.63, 3.8) is 0 Å². The molecule has 6 heteroatoms. The lowest BCUT2D eigenvalue weighted by Gasteiger charge is -2.22. The Morgan fingerprint density at radius 3 is 2.29 bits per heavy atom. The van der Waals surface area contributed by atoms with E-state index in [1.165, 1.54) is 24.0 Å². The molecule has 5 nitrogen and oxygen atoms in total. The van der Waals surface area contributed by atoms with Crippen molar-refractivity contribution in [2.24, 2.45) is 0 Å². The van der Waals surface area contributed by atoms with Crippen LogP contribution >= 0.6 is 0 Å². The monoisotopic (exact) mass is 476 g/mol. The van der Waals surface area contributed by atoms with Gasteiger partial charge in [0, 0.05) is 5.56 Å². The Morgan fingerprint density at radius 1 is 0.912 bits per heavy atom. The number of anilines is 1. The van der Waals surface area contributed by atoms with E-state index in [-0.39, 0.29) is 16.8 Å². The van der Waals surface area contributed by atoms with Gasteiger partial charge in [0.2, 0.25) is 0 Å². The fraction of sp³-hybridized carbons (Fsp3) is 0.321. The SMILES string of the molecule is CC[C@H](NC(=O)c1ccc(NS(=O)(=O)c2ccc(C)cc2)c(C)c1)c1ccc2c(c1)CCCC2. The Labute approximate surface area is 202 Å². The number of carbonyl (C=O) groups is 1. The molecule has 0 bridgehead atoms. The molecule has 34 heavy (non-hydrogen) atoms. The molecular formula is C28H32N2O3S. The summed E-state index contributed by atoms with van der Waals surface area (Å²) in [6, 6.07) is 18.2. The van der Waals surface area contributed by atoms with Gasteiger partial charge in [0.05, 0.1) is 16.6 Å². The van der Waals surface area contributed by atoms with Crippen molar-refractivity contribution in [3.05, 3.63) is 94.0 Å². The maximum absolute atomic E-state index is 13.0. The van der Waals surface area contributed by atoms with E-state index in [0.717, 1.165) is 30.4 Å². The molecule has 178 valence electrons. The van der Waals surface area contributed by atoms with Crippen molar-refractivity contribution in [2.75, 3.05) is 4.72 Å². The standard InChI is InChI=1S/C28H32N2O3S/c1-4-26(23-12-11-21-7-5-6-8-22(21)18-23)29-28(31)24-13-16-27(20(3)17-24)30-34(32,33)25-14-9-19(2)10-15-25/h9-18,26,30H,4-8H2,1-3H3,(H,29,31)/t26-/m0/s1. The smallest absolute Gasteiger partial charge is 0.261 e. The Morgan fingerprint density at radius 2 is 1.62 bits per heavy atom. The van der Waals surface area contributed by atoms with Gasteiger partial charge in [0.15, 0.2) is 0 Å². The molecule has 0 unspecified atom stereocenters. The summed E-state index contributed by atoms with van der Waals surface area (Å²) in [6.45, 7) is 5.77. The molecule has 4 rings (SSSR count). The summed E-state index contributed by atoms with van der Waals surface area (Å²) in [5, 5.41) is 3.15. The van der Waals surface area contributed by atoms with Gasteiger partial charge in [-0.2, -0.15) is 0 Å². The summed E-state index contributed by atoms with van der Waals surface area (Å²) in [5.74, 6) is -0.166. The van der Waals surface area contributed by atoms with Crippen LogP contribution in [0.5, 0.6) is 0 Å². The van der Waals surface area contributed by atoms with Gasteiger partial charge in [-0.05, 0) is 98.5 Å². The molecule has 1 atom stereocenters. The molecule has 3 aromatic rings. The van der Waals surface area contributed by atoms with Gasteiger partial charge < -0.3 is 5.32 Å². The van der Waals surface area contributed by atoms with Crippen LogP contribution in [0, 0.1) is 13.8 Å². The zero-order valence-corrected chi connectivity index (χ0v) is 20.8. The molecule has 0 radical (unpaired) electrons. The number of sulfonamides is 1. The maximum Gasteiger partial charge on any atom is 0.261 e. The zero-order valence-electron chi connectivity index (χ0n) is 20.0. The summed E-state index contributed by atoms with van der Waals surface area (Å²) in [7, 11) is -3.70. The van der Waals surface area contributed by atoms with Crippen LogP contribution in [0.1, 0.15) is 70.4 Å². The number of benzene rings is 3. The Bertz CT molecular complexity index is 1300. The van der Waals surface area contributed by atoms with Crippen molar-refractivity contribution in [2.45, 2.75) is 63.8 Å². The Kier molecular flexibility index (Phi) is 7.08. The van der Waals surface area contributed by atoms with E-state index in [1.54, 1.807) is 49.4 Å².